The number of β-lactam (4-membered cyclic amide) rings is 1. The minimum Gasteiger partial charge on any atom is -0.477 e. The number of likely N-dealkylation sites (tertiary alicyclic amines) is 1. The molecule has 0 spiro atoms. The third kappa shape index (κ3) is 2.12. The van der Waals surface area contributed by atoms with Crippen molar-refractivity contribution < 1.29 is 19.5 Å². The summed E-state index contributed by atoms with van der Waals surface area (Å²) in [5.41, 5.74) is -0.0243. The predicted molar refractivity (Wildman–Crippen MR) is 71.3 cm³/mol. The Hall–Kier alpha value is -1.15. The highest BCUT2D eigenvalue weighted by Gasteiger charge is 2.49. The lowest BCUT2D eigenvalue weighted by Crippen LogP contribution is -2.48. The normalized spacial score (nSPS) is 25.7. The van der Waals surface area contributed by atoms with Crippen molar-refractivity contribution >= 4 is 40.6 Å². The first kappa shape index (κ1) is 12.9. The van der Waals surface area contributed by atoms with Gasteiger partial charge in [-0.1, -0.05) is 11.8 Å². The first-order chi connectivity index (χ1) is 9.08. The van der Waals surface area contributed by atoms with Crippen LogP contribution in [0.25, 0.3) is 0 Å². The van der Waals surface area contributed by atoms with Crippen LogP contribution in [-0.2, 0) is 9.59 Å². The number of fused-ring (bicyclic) bond motifs is 1. The van der Waals surface area contributed by atoms with Gasteiger partial charge in [-0.15, -0.1) is 0 Å². The van der Waals surface area contributed by atoms with Crippen LogP contribution in [-0.4, -0.2) is 50.5 Å². The van der Waals surface area contributed by atoms with Crippen LogP contribution in [0.4, 0.5) is 4.79 Å². The second-order valence-electron chi connectivity index (χ2n) is 4.54. The Morgan fingerprint density at radius 3 is 2.58 bits per heavy atom. The smallest absolute Gasteiger partial charge is 0.354 e. The van der Waals surface area contributed by atoms with Crippen LogP contribution in [0.3, 0.4) is 0 Å². The number of hydrogen-bond donors (Lipinski definition) is 1. The Kier molecular flexibility index (Phi) is 3.22. The number of carboxylic acid groups (broad SMARTS) is 1. The third-order valence-corrected chi connectivity index (χ3v) is 5.74. The molecule has 3 rings (SSSR count). The summed E-state index contributed by atoms with van der Waals surface area (Å²) in [6.07, 6.45) is 2.35. The van der Waals surface area contributed by atoms with Gasteiger partial charge in [0.15, 0.2) is 5.70 Å². The van der Waals surface area contributed by atoms with Crippen LogP contribution in [0.5, 0.6) is 0 Å². The fourth-order valence-corrected chi connectivity index (χ4v) is 4.93. The molecule has 0 unspecified atom stereocenters. The number of amides is 2. The number of carbonyl (C=O) groups excluding carboxylic acids is 2. The molecule has 1 N–H and O–H groups in total. The molecule has 0 radical (unpaired) electrons. The van der Waals surface area contributed by atoms with Crippen molar-refractivity contribution in [2.45, 2.75) is 24.6 Å². The summed E-state index contributed by atoms with van der Waals surface area (Å²) in [7, 11) is 0. The van der Waals surface area contributed by atoms with Gasteiger partial charge >= 0.3 is 5.97 Å². The van der Waals surface area contributed by atoms with Gasteiger partial charge in [-0.25, -0.2) is 4.79 Å². The van der Waals surface area contributed by atoms with Crippen LogP contribution >= 0.6 is 23.5 Å². The number of nitrogens with zero attached hydrogens (tertiary/aromatic N) is 2. The van der Waals surface area contributed by atoms with E-state index in [9.17, 15) is 19.5 Å². The molecular weight excluding hydrogens is 288 g/mol. The summed E-state index contributed by atoms with van der Waals surface area (Å²) < 4.78 is 0.445. The summed E-state index contributed by atoms with van der Waals surface area (Å²) in [4.78, 5) is 37.7. The third-order valence-electron chi connectivity index (χ3n) is 3.33. The van der Waals surface area contributed by atoms with Gasteiger partial charge in [0.2, 0.25) is 5.91 Å². The van der Waals surface area contributed by atoms with E-state index in [1.165, 1.54) is 16.7 Å². The highest BCUT2D eigenvalue weighted by Crippen LogP contribution is 2.50. The first-order valence-corrected chi connectivity index (χ1v) is 7.70. The molecule has 0 aromatic rings. The Morgan fingerprint density at radius 1 is 1.32 bits per heavy atom. The van der Waals surface area contributed by atoms with Crippen molar-refractivity contribution in [3.63, 3.8) is 0 Å². The van der Waals surface area contributed by atoms with E-state index in [0.717, 1.165) is 37.7 Å². The van der Waals surface area contributed by atoms with Gasteiger partial charge in [-0.2, -0.15) is 0 Å². The first-order valence-electron chi connectivity index (χ1n) is 6.01. The molecule has 6 nitrogen and oxygen atoms in total. The van der Waals surface area contributed by atoms with Crippen molar-refractivity contribution in [2.75, 3.05) is 13.1 Å². The second-order valence-corrected chi connectivity index (χ2v) is 6.95. The summed E-state index contributed by atoms with van der Waals surface area (Å²) in [6, 6.07) is 0. The predicted octanol–water partition coefficient (Wildman–Crippen LogP) is 1.49. The molecule has 2 amide bonds. The van der Waals surface area contributed by atoms with Gasteiger partial charge in [-0.3, -0.25) is 14.5 Å². The van der Waals surface area contributed by atoms with Crippen LogP contribution < -0.4 is 0 Å². The minimum atomic E-state index is -1.14. The monoisotopic (exact) mass is 300 g/mol. The molecule has 3 aliphatic heterocycles. The van der Waals surface area contributed by atoms with Crippen LogP contribution in [0.15, 0.2) is 9.93 Å². The quantitative estimate of drug-likeness (QED) is 0.779. The summed E-state index contributed by atoms with van der Waals surface area (Å²) in [5, 5.41) is 8.95. The largest absolute Gasteiger partial charge is 0.477 e. The van der Waals surface area contributed by atoms with Gasteiger partial charge in [0, 0.05) is 13.1 Å². The molecule has 2 saturated heterocycles. The van der Waals surface area contributed by atoms with E-state index in [1.807, 2.05) is 0 Å². The molecule has 0 aromatic carbocycles. The molecular formula is C11H12N2O4S2. The van der Waals surface area contributed by atoms with Gasteiger partial charge in [0.05, 0.1) is 16.0 Å². The Morgan fingerprint density at radius 2 is 2.00 bits per heavy atom. The summed E-state index contributed by atoms with van der Waals surface area (Å²) in [5.74, 6) is -1.32. The van der Waals surface area contributed by atoms with Gasteiger partial charge in [0.1, 0.15) is 0 Å². The highest BCUT2D eigenvalue weighted by atomic mass is 32.2. The molecule has 3 aliphatic rings. The average Bonchev–Trinajstić information content (AvgIpc) is 2.94. The number of thioether (sulfide) groups is 2. The zero-order chi connectivity index (χ0) is 13.6. The van der Waals surface area contributed by atoms with E-state index in [-0.39, 0.29) is 22.2 Å². The molecule has 0 bridgehead atoms. The number of hydrogen-bond acceptors (Lipinski definition) is 5. The molecule has 8 heteroatoms. The van der Waals surface area contributed by atoms with Gasteiger partial charge in [0.25, 0.3) is 5.24 Å². The number of rotatable bonds is 2. The molecule has 0 saturated carbocycles. The van der Waals surface area contributed by atoms with E-state index < -0.39 is 5.97 Å². The lowest BCUT2D eigenvalue weighted by Gasteiger charge is -2.33. The second kappa shape index (κ2) is 4.75. The maximum absolute atomic E-state index is 12.0. The SMILES string of the molecule is O=C(O)C1=C(SC(=O)N2CCCC2)S[C@H]2CC(=O)N12. The van der Waals surface area contributed by atoms with E-state index in [2.05, 4.69) is 0 Å². The number of carboxylic acids is 1. The molecule has 1 atom stereocenters. The van der Waals surface area contributed by atoms with Crippen molar-refractivity contribution in [1.82, 2.24) is 9.80 Å². The van der Waals surface area contributed by atoms with Crippen LogP contribution in [0.1, 0.15) is 19.3 Å². The molecule has 19 heavy (non-hydrogen) atoms. The van der Waals surface area contributed by atoms with Crippen molar-refractivity contribution in [1.29, 1.82) is 0 Å². The molecule has 3 heterocycles. The van der Waals surface area contributed by atoms with E-state index in [1.54, 1.807) is 4.90 Å². The molecule has 0 aliphatic carbocycles. The van der Waals surface area contributed by atoms with Crippen molar-refractivity contribution in [2.24, 2.45) is 0 Å². The van der Waals surface area contributed by atoms with Gasteiger partial charge in [-0.05, 0) is 24.6 Å². The maximum atomic E-state index is 12.0. The Bertz CT molecular complexity index is 499. The zero-order valence-corrected chi connectivity index (χ0v) is 11.6. The van der Waals surface area contributed by atoms with E-state index >= 15 is 0 Å². The maximum Gasteiger partial charge on any atom is 0.354 e. The van der Waals surface area contributed by atoms with Crippen molar-refractivity contribution in [3.8, 4) is 0 Å². The fourth-order valence-electron chi connectivity index (χ4n) is 2.33. The van der Waals surface area contributed by atoms with Crippen LogP contribution in [0, 0.1) is 0 Å². The molecule has 2 fully saturated rings. The summed E-state index contributed by atoms with van der Waals surface area (Å²) in [6.45, 7) is 1.47. The lowest BCUT2D eigenvalue weighted by molar-refractivity contribution is -0.145. The molecule has 0 aromatic heterocycles. The lowest BCUT2D eigenvalue weighted by atomic mass is 10.2. The topological polar surface area (TPSA) is 77.9 Å². The van der Waals surface area contributed by atoms with Gasteiger partial charge < -0.3 is 10.0 Å². The number of carbonyl (C=O) groups is 3. The number of aliphatic carboxylic acids is 1. The summed E-state index contributed by atoms with van der Waals surface area (Å²) >= 11 is 2.25. The van der Waals surface area contributed by atoms with E-state index in [0.29, 0.717) is 10.7 Å². The van der Waals surface area contributed by atoms with E-state index in [4.69, 9.17) is 0 Å². The van der Waals surface area contributed by atoms with Crippen LogP contribution in [0.2, 0.25) is 0 Å². The van der Waals surface area contributed by atoms with Crippen molar-refractivity contribution in [3.05, 3.63) is 9.93 Å². The molecule has 102 valence electrons. The zero-order valence-electron chi connectivity index (χ0n) is 10.00. The standard InChI is InChI=1S/C11H12N2O4S2/c14-6-5-7-13(6)8(9(15)16)10(18-7)19-11(17)12-3-1-2-4-12/h7H,1-5H2,(H,15,16)/t7-/m0/s1. The Balaban J connectivity index is 1.77. The minimum absolute atomic E-state index is 0.0243. The fraction of sp³-hybridized carbons (Fsp3) is 0.545. The highest BCUT2D eigenvalue weighted by molar-refractivity contribution is 8.29. The Labute approximate surface area is 118 Å². The average molecular weight is 300 g/mol.